The Morgan fingerprint density at radius 3 is 2.70 bits per heavy atom. The zero-order chi connectivity index (χ0) is 14.9. The standard InChI is InChI=1S/C16H22N2O2/c1-10-5-6-11(2)14(7-10)12(3)17-16(20)13-8-15(19)18(4)9-13/h5-7,12-13H,8-9H2,1-4H3,(H,17,20). The highest BCUT2D eigenvalue weighted by atomic mass is 16.2. The summed E-state index contributed by atoms with van der Waals surface area (Å²) in [6, 6.07) is 6.20. The topological polar surface area (TPSA) is 49.4 Å². The van der Waals surface area contributed by atoms with Gasteiger partial charge in [-0.1, -0.05) is 23.8 Å². The zero-order valence-corrected chi connectivity index (χ0v) is 12.6. The maximum atomic E-state index is 12.2. The third-order valence-electron chi connectivity index (χ3n) is 3.97. The minimum Gasteiger partial charge on any atom is -0.349 e. The van der Waals surface area contributed by atoms with E-state index in [-0.39, 0.29) is 23.8 Å². The number of nitrogens with zero attached hydrogens (tertiary/aromatic N) is 1. The summed E-state index contributed by atoms with van der Waals surface area (Å²) in [7, 11) is 1.74. The molecule has 0 aliphatic carbocycles. The lowest BCUT2D eigenvalue weighted by molar-refractivity contribution is -0.128. The van der Waals surface area contributed by atoms with E-state index >= 15 is 0 Å². The van der Waals surface area contributed by atoms with Gasteiger partial charge in [-0.15, -0.1) is 0 Å². The lowest BCUT2D eigenvalue weighted by Gasteiger charge is -2.19. The summed E-state index contributed by atoms with van der Waals surface area (Å²) in [5, 5.41) is 3.03. The van der Waals surface area contributed by atoms with Gasteiger partial charge < -0.3 is 10.2 Å². The zero-order valence-electron chi connectivity index (χ0n) is 12.6. The molecular formula is C16H22N2O2. The molecule has 0 bridgehead atoms. The second kappa shape index (κ2) is 5.65. The Bertz CT molecular complexity index is 539. The second-order valence-corrected chi connectivity index (χ2v) is 5.77. The summed E-state index contributed by atoms with van der Waals surface area (Å²) >= 11 is 0. The van der Waals surface area contributed by atoms with Crippen molar-refractivity contribution >= 4 is 11.8 Å². The molecule has 1 aliphatic rings. The van der Waals surface area contributed by atoms with E-state index < -0.39 is 0 Å². The molecule has 0 saturated carbocycles. The SMILES string of the molecule is Cc1ccc(C)c(C(C)NC(=O)C2CC(=O)N(C)C2)c1. The molecule has 1 fully saturated rings. The molecule has 2 atom stereocenters. The van der Waals surface area contributed by atoms with Crippen molar-refractivity contribution in [1.29, 1.82) is 0 Å². The van der Waals surface area contributed by atoms with Gasteiger partial charge in [0.1, 0.15) is 0 Å². The largest absolute Gasteiger partial charge is 0.349 e. The van der Waals surface area contributed by atoms with E-state index in [2.05, 4.69) is 23.5 Å². The number of benzene rings is 1. The summed E-state index contributed by atoms with van der Waals surface area (Å²) in [6.45, 7) is 6.59. The molecule has 1 aliphatic heterocycles. The van der Waals surface area contributed by atoms with E-state index in [1.807, 2.05) is 20.8 Å². The van der Waals surface area contributed by atoms with E-state index in [0.29, 0.717) is 13.0 Å². The van der Waals surface area contributed by atoms with Crippen molar-refractivity contribution in [2.24, 2.45) is 5.92 Å². The number of nitrogens with one attached hydrogen (secondary N) is 1. The van der Waals surface area contributed by atoms with Gasteiger partial charge in [-0.3, -0.25) is 9.59 Å². The van der Waals surface area contributed by atoms with Crippen molar-refractivity contribution in [1.82, 2.24) is 10.2 Å². The van der Waals surface area contributed by atoms with E-state index in [1.54, 1.807) is 11.9 Å². The van der Waals surface area contributed by atoms with Crippen molar-refractivity contribution < 1.29 is 9.59 Å². The van der Waals surface area contributed by atoms with E-state index in [0.717, 1.165) is 5.56 Å². The summed E-state index contributed by atoms with van der Waals surface area (Å²) in [4.78, 5) is 25.3. The molecule has 1 saturated heterocycles. The summed E-state index contributed by atoms with van der Waals surface area (Å²) in [5.41, 5.74) is 3.49. The minimum absolute atomic E-state index is 0.0314. The van der Waals surface area contributed by atoms with Crippen LogP contribution < -0.4 is 5.32 Å². The van der Waals surface area contributed by atoms with E-state index in [9.17, 15) is 9.59 Å². The van der Waals surface area contributed by atoms with Crippen LogP contribution in [-0.2, 0) is 9.59 Å². The number of hydrogen-bond donors (Lipinski definition) is 1. The molecule has 1 aromatic carbocycles. The third-order valence-corrected chi connectivity index (χ3v) is 3.97. The number of carbonyl (C=O) groups is 2. The maximum absolute atomic E-state index is 12.2. The number of aryl methyl sites for hydroxylation is 2. The molecule has 2 rings (SSSR count). The van der Waals surface area contributed by atoms with Crippen LogP contribution in [0.15, 0.2) is 18.2 Å². The van der Waals surface area contributed by atoms with Crippen LogP contribution in [-0.4, -0.2) is 30.3 Å². The normalized spacial score (nSPS) is 20.1. The summed E-state index contributed by atoms with van der Waals surface area (Å²) in [5.74, 6) is -0.208. The molecule has 0 aromatic heterocycles. The molecular weight excluding hydrogens is 252 g/mol. The second-order valence-electron chi connectivity index (χ2n) is 5.77. The van der Waals surface area contributed by atoms with Gasteiger partial charge in [0.25, 0.3) is 0 Å². The van der Waals surface area contributed by atoms with Gasteiger partial charge in [-0.05, 0) is 31.9 Å². The van der Waals surface area contributed by atoms with Crippen molar-refractivity contribution in [3.8, 4) is 0 Å². The van der Waals surface area contributed by atoms with Gasteiger partial charge in [0.15, 0.2) is 0 Å². The van der Waals surface area contributed by atoms with E-state index in [4.69, 9.17) is 0 Å². The Balaban J connectivity index is 2.04. The minimum atomic E-state index is -0.222. The quantitative estimate of drug-likeness (QED) is 0.916. The predicted molar refractivity (Wildman–Crippen MR) is 78.2 cm³/mol. The Kier molecular flexibility index (Phi) is 4.12. The molecule has 20 heavy (non-hydrogen) atoms. The molecule has 0 radical (unpaired) electrons. The molecule has 0 spiro atoms. The van der Waals surface area contributed by atoms with Crippen molar-refractivity contribution in [3.05, 3.63) is 34.9 Å². The van der Waals surface area contributed by atoms with Crippen molar-refractivity contribution in [3.63, 3.8) is 0 Å². The van der Waals surface area contributed by atoms with Gasteiger partial charge in [0, 0.05) is 20.0 Å². The number of rotatable bonds is 3. The third kappa shape index (κ3) is 3.00. The number of hydrogen-bond acceptors (Lipinski definition) is 2. The highest BCUT2D eigenvalue weighted by Gasteiger charge is 2.32. The molecule has 2 amide bonds. The highest BCUT2D eigenvalue weighted by Crippen LogP contribution is 2.21. The Morgan fingerprint density at radius 1 is 1.40 bits per heavy atom. The Hall–Kier alpha value is -1.84. The average Bonchev–Trinajstić information content (AvgIpc) is 2.72. The first-order valence-electron chi connectivity index (χ1n) is 7.00. The molecule has 2 unspecified atom stereocenters. The van der Waals surface area contributed by atoms with Gasteiger partial charge in [-0.2, -0.15) is 0 Å². The molecule has 4 heteroatoms. The predicted octanol–water partition coefficient (Wildman–Crippen LogP) is 1.96. The molecule has 108 valence electrons. The molecule has 1 aromatic rings. The van der Waals surface area contributed by atoms with Crippen LogP contribution in [0.3, 0.4) is 0 Å². The lowest BCUT2D eigenvalue weighted by atomic mass is 9.99. The number of likely N-dealkylation sites (tertiary alicyclic amines) is 1. The Labute approximate surface area is 120 Å². The monoisotopic (exact) mass is 274 g/mol. The van der Waals surface area contributed by atoms with Crippen LogP contribution >= 0.6 is 0 Å². The first-order chi connectivity index (χ1) is 9.38. The molecule has 1 N–H and O–H groups in total. The number of amides is 2. The van der Waals surface area contributed by atoms with E-state index in [1.165, 1.54) is 11.1 Å². The van der Waals surface area contributed by atoms with Gasteiger partial charge in [-0.25, -0.2) is 0 Å². The van der Waals surface area contributed by atoms with Crippen LogP contribution in [0, 0.1) is 19.8 Å². The molecule has 4 nitrogen and oxygen atoms in total. The number of carbonyl (C=O) groups excluding carboxylic acids is 2. The fourth-order valence-electron chi connectivity index (χ4n) is 2.67. The van der Waals surface area contributed by atoms with Gasteiger partial charge >= 0.3 is 0 Å². The van der Waals surface area contributed by atoms with Crippen LogP contribution in [0.4, 0.5) is 0 Å². The first kappa shape index (κ1) is 14.6. The average molecular weight is 274 g/mol. The van der Waals surface area contributed by atoms with Gasteiger partial charge in [0.2, 0.25) is 11.8 Å². The van der Waals surface area contributed by atoms with Gasteiger partial charge in [0.05, 0.1) is 12.0 Å². The summed E-state index contributed by atoms with van der Waals surface area (Å²) < 4.78 is 0. The lowest BCUT2D eigenvalue weighted by Crippen LogP contribution is -2.34. The van der Waals surface area contributed by atoms with Crippen molar-refractivity contribution in [2.45, 2.75) is 33.2 Å². The van der Waals surface area contributed by atoms with Crippen LogP contribution in [0.2, 0.25) is 0 Å². The summed E-state index contributed by atoms with van der Waals surface area (Å²) in [6.07, 6.45) is 0.321. The Morgan fingerprint density at radius 2 is 2.10 bits per heavy atom. The molecule has 1 heterocycles. The maximum Gasteiger partial charge on any atom is 0.225 e. The van der Waals surface area contributed by atoms with Crippen LogP contribution in [0.5, 0.6) is 0 Å². The van der Waals surface area contributed by atoms with Crippen LogP contribution in [0.1, 0.15) is 36.1 Å². The van der Waals surface area contributed by atoms with Crippen molar-refractivity contribution in [2.75, 3.05) is 13.6 Å². The highest BCUT2D eigenvalue weighted by molar-refractivity contribution is 5.89. The smallest absolute Gasteiger partial charge is 0.225 e. The fraction of sp³-hybridized carbons (Fsp3) is 0.500. The fourth-order valence-corrected chi connectivity index (χ4v) is 2.67. The first-order valence-corrected chi connectivity index (χ1v) is 7.00. The van der Waals surface area contributed by atoms with Crippen LogP contribution in [0.25, 0.3) is 0 Å².